The molecule has 1 aromatic rings. The molecule has 2 rings (SSSR count). The highest BCUT2D eigenvalue weighted by Crippen LogP contribution is 2.22. The number of hydrogen-bond donors (Lipinski definition) is 1. The van der Waals surface area contributed by atoms with E-state index in [0.717, 1.165) is 6.54 Å². The minimum atomic E-state index is 0.176. The van der Waals surface area contributed by atoms with Crippen molar-refractivity contribution in [3.05, 3.63) is 29.3 Å². The Morgan fingerprint density at radius 1 is 1.05 bits per heavy atom. The maximum atomic E-state index is 3.57. The van der Waals surface area contributed by atoms with Crippen LogP contribution in [-0.4, -0.2) is 18.6 Å². The van der Waals surface area contributed by atoms with Crippen molar-refractivity contribution in [2.45, 2.75) is 65.5 Å². The number of nitrogens with one attached hydrogen (secondary N) is 1. The summed E-state index contributed by atoms with van der Waals surface area (Å²) in [7, 11) is 0. The maximum absolute atomic E-state index is 3.57. The van der Waals surface area contributed by atoms with Crippen molar-refractivity contribution >= 4 is 5.69 Å². The molecule has 1 heterocycles. The summed E-state index contributed by atoms with van der Waals surface area (Å²) in [6.45, 7) is 12.3. The summed E-state index contributed by atoms with van der Waals surface area (Å²) in [5.41, 5.74) is 4.40. The van der Waals surface area contributed by atoms with Crippen LogP contribution in [0.3, 0.4) is 0 Å². The van der Waals surface area contributed by atoms with Crippen molar-refractivity contribution in [2.75, 3.05) is 18.0 Å². The Morgan fingerprint density at radius 2 is 1.70 bits per heavy atom. The molecule has 0 bridgehead atoms. The minimum Gasteiger partial charge on any atom is -0.372 e. The van der Waals surface area contributed by atoms with Crippen LogP contribution < -0.4 is 10.2 Å². The van der Waals surface area contributed by atoms with E-state index in [2.05, 4.69) is 56.1 Å². The van der Waals surface area contributed by atoms with Gasteiger partial charge in [-0.2, -0.15) is 0 Å². The van der Waals surface area contributed by atoms with E-state index >= 15 is 0 Å². The standard InChI is InChI=1S/C18H30N2/c1-15-13-17(20-11-7-5-6-8-12-20)10-9-16(15)14-19-18(2,3)4/h9-10,13,19H,5-8,11-12,14H2,1-4H3. The zero-order chi connectivity index (χ0) is 14.6. The Kier molecular flexibility index (Phi) is 5.09. The first kappa shape index (κ1) is 15.4. The number of hydrogen-bond acceptors (Lipinski definition) is 2. The average molecular weight is 274 g/mol. The molecule has 20 heavy (non-hydrogen) atoms. The highest BCUT2D eigenvalue weighted by atomic mass is 15.1. The van der Waals surface area contributed by atoms with Crippen molar-refractivity contribution in [3.8, 4) is 0 Å². The molecule has 0 saturated carbocycles. The lowest BCUT2D eigenvalue weighted by molar-refractivity contribution is 0.424. The number of nitrogens with zero attached hydrogens (tertiary/aromatic N) is 1. The topological polar surface area (TPSA) is 15.3 Å². The Labute approximate surface area is 124 Å². The smallest absolute Gasteiger partial charge is 0.0369 e. The maximum Gasteiger partial charge on any atom is 0.0369 e. The fourth-order valence-corrected chi connectivity index (χ4v) is 2.76. The molecule has 2 heteroatoms. The van der Waals surface area contributed by atoms with Crippen LogP contribution in [0.1, 0.15) is 57.6 Å². The van der Waals surface area contributed by atoms with Crippen molar-refractivity contribution in [2.24, 2.45) is 0 Å². The molecule has 1 fully saturated rings. The lowest BCUT2D eigenvalue weighted by Gasteiger charge is -2.25. The second-order valence-electron chi connectivity index (χ2n) is 7.12. The van der Waals surface area contributed by atoms with E-state index in [-0.39, 0.29) is 5.54 Å². The van der Waals surface area contributed by atoms with Crippen LogP contribution in [0.5, 0.6) is 0 Å². The van der Waals surface area contributed by atoms with Gasteiger partial charge in [0.25, 0.3) is 0 Å². The molecule has 1 aromatic carbocycles. The third-order valence-electron chi connectivity index (χ3n) is 4.11. The molecule has 0 unspecified atom stereocenters. The summed E-state index contributed by atoms with van der Waals surface area (Å²) in [5.74, 6) is 0. The van der Waals surface area contributed by atoms with Gasteiger partial charge in [-0.25, -0.2) is 0 Å². The summed E-state index contributed by atoms with van der Waals surface area (Å²) in [4.78, 5) is 2.56. The van der Waals surface area contributed by atoms with E-state index in [9.17, 15) is 0 Å². The highest BCUT2D eigenvalue weighted by molar-refractivity contribution is 5.51. The van der Waals surface area contributed by atoms with E-state index in [1.807, 2.05) is 0 Å². The van der Waals surface area contributed by atoms with Crippen LogP contribution >= 0.6 is 0 Å². The second kappa shape index (κ2) is 6.62. The molecule has 0 radical (unpaired) electrons. The van der Waals surface area contributed by atoms with Gasteiger partial charge in [-0.15, -0.1) is 0 Å². The Bertz CT molecular complexity index is 424. The SMILES string of the molecule is Cc1cc(N2CCCCCC2)ccc1CNC(C)(C)C. The van der Waals surface area contributed by atoms with Crippen LogP contribution in [0.15, 0.2) is 18.2 Å². The molecule has 0 aliphatic carbocycles. The Hall–Kier alpha value is -1.02. The lowest BCUT2D eigenvalue weighted by atomic mass is 10.0. The Balaban J connectivity index is 2.04. The number of anilines is 1. The molecular weight excluding hydrogens is 244 g/mol. The van der Waals surface area contributed by atoms with E-state index < -0.39 is 0 Å². The predicted molar refractivity (Wildman–Crippen MR) is 88.5 cm³/mol. The quantitative estimate of drug-likeness (QED) is 0.886. The Morgan fingerprint density at radius 3 is 2.25 bits per heavy atom. The van der Waals surface area contributed by atoms with Gasteiger partial charge in [-0.1, -0.05) is 18.9 Å². The number of rotatable bonds is 3. The molecule has 112 valence electrons. The minimum absolute atomic E-state index is 0.176. The van der Waals surface area contributed by atoms with E-state index in [0.29, 0.717) is 0 Å². The molecule has 0 spiro atoms. The zero-order valence-corrected chi connectivity index (χ0v) is 13.6. The van der Waals surface area contributed by atoms with Gasteiger partial charge >= 0.3 is 0 Å². The normalized spacial score (nSPS) is 17.1. The van der Waals surface area contributed by atoms with Gasteiger partial charge < -0.3 is 10.2 Å². The largest absolute Gasteiger partial charge is 0.372 e. The van der Waals surface area contributed by atoms with Gasteiger partial charge in [0.05, 0.1) is 0 Å². The molecule has 0 aromatic heterocycles. The van der Waals surface area contributed by atoms with Gasteiger partial charge in [-0.05, 0) is 63.8 Å². The van der Waals surface area contributed by atoms with Gasteiger partial charge in [-0.3, -0.25) is 0 Å². The molecule has 2 nitrogen and oxygen atoms in total. The third kappa shape index (κ3) is 4.52. The number of benzene rings is 1. The number of aryl methyl sites for hydroxylation is 1. The molecule has 1 aliphatic heterocycles. The fraction of sp³-hybridized carbons (Fsp3) is 0.667. The lowest BCUT2D eigenvalue weighted by Crippen LogP contribution is -2.35. The van der Waals surface area contributed by atoms with E-state index in [1.54, 1.807) is 0 Å². The van der Waals surface area contributed by atoms with Gasteiger partial charge in [0.2, 0.25) is 0 Å². The van der Waals surface area contributed by atoms with Crippen LogP contribution in [-0.2, 0) is 6.54 Å². The van der Waals surface area contributed by atoms with Crippen molar-refractivity contribution in [1.82, 2.24) is 5.32 Å². The molecule has 0 atom stereocenters. The summed E-state index contributed by atoms with van der Waals surface area (Å²) >= 11 is 0. The third-order valence-corrected chi connectivity index (χ3v) is 4.11. The first-order valence-electron chi connectivity index (χ1n) is 8.05. The van der Waals surface area contributed by atoms with Crippen LogP contribution in [0, 0.1) is 6.92 Å². The summed E-state index contributed by atoms with van der Waals surface area (Å²) in [6.07, 6.45) is 5.46. The van der Waals surface area contributed by atoms with Crippen LogP contribution in [0.25, 0.3) is 0 Å². The van der Waals surface area contributed by atoms with Crippen LogP contribution in [0.2, 0.25) is 0 Å². The summed E-state index contributed by atoms with van der Waals surface area (Å²) < 4.78 is 0. The summed E-state index contributed by atoms with van der Waals surface area (Å²) in [6, 6.07) is 6.97. The fourth-order valence-electron chi connectivity index (χ4n) is 2.76. The first-order chi connectivity index (χ1) is 9.46. The molecule has 1 N–H and O–H groups in total. The first-order valence-corrected chi connectivity index (χ1v) is 8.05. The average Bonchev–Trinajstić information content (AvgIpc) is 2.65. The summed E-state index contributed by atoms with van der Waals surface area (Å²) in [5, 5.41) is 3.57. The van der Waals surface area contributed by atoms with Crippen molar-refractivity contribution in [3.63, 3.8) is 0 Å². The van der Waals surface area contributed by atoms with Gasteiger partial charge in [0, 0.05) is 30.9 Å². The monoisotopic (exact) mass is 274 g/mol. The van der Waals surface area contributed by atoms with Gasteiger partial charge in [0.1, 0.15) is 0 Å². The van der Waals surface area contributed by atoms with Crippen molar-refractivity contribution < 1.29 is 0 Å². The van der Waals surface area contributed by atoms with Crippen molar-refractivity contribution in [1.29, 1.82) is 0 Å². The molecule has 0 amide bonds. The second-order valence-corrected chi connectivity index (χ2v) is 7.12. The molecule has 1 saturated heterocycles. The molecular formula is C18H30N2. The van der Waals surface area contributed by atoms with E-state index in [4.69, 9.17) is 0 Å². The predicted octanol–water partition coefficient (Wildman–Crippen LogP) is 4.26. The van der Waals surface area contributed by atoms with E-state index in [1.165, 1.54) is 55.6 Å². The van der Waals surface area contributed by atoms with Crippen LogP contribution in [0.4, 0.5) is 5.69 Å². The zero-order valence-electron chi connectivity index (χ0n) is 13.6. The molecule has 1 aliphatic rings. The highest BCUT2D eigenvalue weighted by Gasteiger charge is 2.12. The van der Waals surface area contributed by atoms with Gasteiger partial charge in [0.15, 0.2) is 0 Å².